The lowest BCUT2D eigenvalue weighted by Crippen LogP contribution is -2.11. The summed E-state index contributed by atoms with van der Waals surface area (Å²) in [6.45, 7) is 2.08. The number of nitrogens with zero attached hydrogens (tertiary/aromatic N) is 4. The van der Waals surface area contributed by atoms with E-state index >= 15 is 0 Å². The van der Waals surface area contributed by atoms with E-state index in [0.717, 1.165) is 32.5 Å². The fourth-order valence-electron chi connectivity index (χ4n) is 2.70. The van der Waals surface area contributed by atoms with Crippen LogP contribution in [-0.2, 0) is 0 Å². The standard InChI is InChI=1S/C17H14BrN5/c1-11(17-22-21-16-4-2-3-9-23(16)17)20-14-7-8-19-15-10-12(18)5-6-13(14)15/h2-11H,1H3,(H,19,20). The molecule has 4 rings (SSSR count). The summed E-state index contributed by atoms with van der Waals surface area (Å²) in [4.78, 5) is 4.42. The Balaban J connectivity index is 1.73. The molecule has 0 radical (unpaired) electrons. The maximum Gasteiger partial charge on any atom is 0.160 e. The topological polar surface area (TPSA) is 55.1 Å². The molecule has 0 bridgehead atoms. The molecule has 0 aliphatic rings. The highest BCUT2D eigenvalue weighted by Gasteiger charge is 2.14. The molecule has 1 aromatic carbocycles. The molecule has 0 aliphatic heterocycles. The van der Waals surface area contributed by atoms with Gasteiger partial charge in [-0.25, -0.2) is 0 Å². The van der Waals surface area contributed by atoms with Crippen molar-refractivity contribution in [3.05, 3.63) is 65.2 Å². The lowest BCUT2D eigenvalue weighted by atomic mass is 10.1. The van der Waals surface area contributed by atoms with Crippen molar-refractivity contribution < 1.29 is 0 Å². The minimum Gasteiger partial charge on any atom is -0.375 e. The molecule has 114 valence electrons. The molecule has 0 aliphatic carbocycles. The molecule has 5 nitrogen and oxygen atoms in total. The summed E-state index contributed by atoms with van der Waals surface area (Å²) in [5.41, 5.74) is 2.82. The average Bonchev–Trinajstić information content (AvgIpc) is 2.99. The predicted octanol–water partition coefficient (Wildman–Crippen LogP) is 4.21. The van der Waals surface area contributed by atoms with E-state index in [0.29, 0.717) is 0 Å². The fourth-order valence-corrected chi connectivity index (χ4v) is 3.05. The number of anilines is 1. The first-order valence-electron chi connectivity index (χ1n) is 7.33. The van der Waals surface area contributed by atoms with E-state index in [1.165, 1.54) is 0 Å². The third-order valence-electron chi connectivity index (χ3n) is 3.80. The normalized spacial score (nSPS) is 12.6. The monoisotopic (exact) mass is 367 g/mol. The van der Waals surface area contributed by atoms with Crippen molar-refractivity contribution in [3.63, 3.8) is 0 Å². The molecule has 4 aromatic rings. The Morgan fingerprint density at radius 1 is 1.13 bits per heavy atom. The molecule has 1 N–H and O–H groups in total. The molecule has 0 saturated carbocycles. The largest absolute Gasteiger partial charge is 0.375 e. The van der Waals surface area contributed by atoms with Gasteiger partial charge in [0, 0.05) is 27.9 Å². The second-order valence-electron chi connectivity index (χ2n) is 5.37. The van der Waals surface area contributed by atoms with Gasteiger partial charge in [-0.2, -0.15) is 0 Å². The van der Waals surface area contributed by atoms with Crippen LogP contribution in [-0.4, -0.2) is 19.6 Å². The summed E-state index contributed by atoms with van der Waals surface area (Å²) in [6, 6.07) is 14.0. The van der Waals surface area contributed by atoms with Crippen molar-refractivity contribution in [2.45, 2.75) is 13.0 Å². The van der Waals surface area contributed by atoms with Crippen molar-refractivity contribution >= 4 is 38.2 Å². The second-order valence-corrected chi connectivity index (χ2v) is 6.29. The summed E-state index contributed by atoms with van der Waals surface area (Å²) in [5.74, 6) is 0.877. The third-order valence-corrected chi connectivity index (χ3v) is 4.30. The van der Waals surface area contributed by atoms with Crippen LogP contribution in [0.15, 0.2) is 59.3 Å². The van der Waals surface area contributed by atoms with E-state index in [9.17, 15) is 0 Å². The number of benzene rings is 1. The molecular formula is C17H14BrN5. The minimum atomic E-state index is 0.0154. The number of pyridine rings is 2. The van der Waals surface area contributed by atoms with Gasteiger partial charge in [-0.3, -0.25) is 9.38 Å². The number of nitrogens with one attached hydrogen (secondary N) is 1. The summed E-state index contributed by atoms with van der Waals surface area (Å²) in [6.07, 6.45) is 3.79. The van der Waals surface area contributed by atoms with E-state index in [2.05, 4.69) is 49.4 Å². The molecule has 0 saturated heterocycles. The van der Waals surface area contributed by atoms with Gasteiger partial charge in [-0.15, -0.1) is 10.2 Å². The number of hydrogen-bond donors (Lipinski definition) is 1. The quantitative estimate of drug-likeness (QED) is 0.589. The third kappa shape index (κ3) is 2.55. The van der Waals surface area contributed by atoms with E-state index in [4.69, 9.17) is 0 Å². The molecule has 6 heteroatoms. The Labute approximate surface area is 141 Å². The number of halogens is 1. The predicted molar refractivity (Wildman–Crippen MR) is 94.5 cm³/mol. The molecule has 3 heterocycles. The van der Waals surface area contributed by atoms with Gasteiger partial charge in [0.15, 0.2) is 11.5 Å². The number of rotatable bonds is 3. The lowest BCUT2D eigenvalue weighted by Gasteiger charge is -2.15. The first-order valence-corrected chi connectivity index (χ1v) is 8.12. The number of aromatic nitrogens is 4. The van der Waals surface area contributed by atoms with Gasteiger partial charge >= 0.3 is 0 Å². The minimum absolute atomic E-state index is 0.0154. The Bertz CT molecular complexity index is 995. The molecule has 3 aromatic heterocycles. The van der Waals surface area contributed by atoms with Crippen molar-refractivity contribution in [2.24, 2.45) is 0 Å². The van der Waals surface area contributed by atoms with E-state index in [1.807, 2.05) is 53.2 Å². The Morgan fingerprint density at radius 3 is 2.96 bits per heavy atom. The van der Waals surface area contributed by atoms with Crippen LogP contribution in [0.3, 0.4) is 0 Å². The molecule has 0 fully saturated rings. The lowest BCUT2D eigenvalue weighted by molar-refractivity contribution is 0.774. The molecule has 0 spiro atoms. The van der Waals surface area contributed by atoms with Crippen molar-refractivity contribution in [1.82, 2.24) is 19.6 Å². The van der Waals surface area contributed by atoms with E-state index in [-0.39, 0.29) is 6.04 Å². The Morgan fingerprint density at radius 2 is 2.04 bits per heavy atom. The van der Waals surface area contributed by atoms with Crippen LogP contribution >= 0.6 is 15.9 Å². The summed E-state index contributed by atoms with van der Waals surface area (Å²) >= 11 is 3.48. The zero-order chi connectivity index (χ0) is 15.8. The van der Waals surface area contributed by atoms with Gasteiger partial charge in [0.25, 0.3) is 0 Å². The van der Waals surface area contributed by atoms with Crippen LogP contribution < -0.4 is 5.32 Å². The zero-order valence-electron chi connectivity index (χ0n) is 12.4. The zero-order valence-corrected chi connectivity index (χ0v) is 14.0. The molecule has 1 unspecified atom stereocenters. The van der Waals surface area contributed by atoms with Crippen LogP contribution in [0.2, 0.25) is 0 Å². The average molecular weight is 368 g/mol. The van der Waals surface area contributed by atoms with E-state index in [1.54, 1.807) is 0 Å². The van der Waals surface area contributed by atoms with Crippen LogP contribution in [0.1, 0.15) is 18.8 Å². The van der Waals surface area contributed by atoms with Gasteiger partial charge < -0.3 is 5.32 Å². The van der Waals surface area contributed by atoms with Crippen molar-refractivity contribution in [2.75, 3.05) is 5.32 Å². The summed E-state index contributed by atoms with van der Waals surface area (Å²) in [7, 11) is 0. The van der Waals surface area contributed by atoms with Gasteiger partial charge in [0.05, 0.1) is 11.6 Å². The fraction of sp³-hybridized carbons (Fsp3) is 0.118. The highest BCUT2D eigenvalue weighted by molar-refractivity contribution is 9.10. The SMILES string of the molecule is CC(Nc1ccnc2cc(Br)ccc12)c1nnc2ccccn12. The first-order chi connectivity index (χ1) is 11.2. The maximum absolute atomic E-state index is 4.42. The van der Waals surface area contributed by atoms with Crippen LogP contribution in [0.4, 0.5) is 5.69 Å². The summed E-state index contributed by atoms with van der Waals surface area (Å²) in [5, 5.41) is 13.1. The molecular weight excluding hydrogens is 354 g/mol. The van der Waals surface area contributed by atoms with Crippen LogP contribution in [0, 0.1) is 0 Å². The van der Waals surface area contributed by atoms with Crippen LogP contribution in [0.25, 0.3) is 16.6 Å². The maximum atomic E-state index is 4.42. The first kappa shape index (κ1) is 14.1. The van der Waals surface area contributed by atoms with Gasteiger partial charge in [0.1, 0.15) is 0 Å². The van der Waals surface area contributed by atoms with Crippen LogP contribution in [0.5, 0.6) is 0 Å². The van der Waals surface area contributed by atoms with E-state index < -0.39 is 0 Å². The number of fused-ring (bicyclic) bond motifs is 2. The Kier molecular flexibility index (Phi) is 3.46. The highest BCUT2D eigenvalue weighted by atomic mass is 79.9. The molecule has 1 atom stereocenters. The van der Waals surface area contributed by atoms with Gasteiger partial charge in [0.2, 0.25) is 0 Å². The molecule has 0 amide bonds. The molecule has 23 heavy (non-hydrogen) atoms. The van der Waals surface area contributed by atoms with Gasteiger partial charge in [-0.1, -0.05) is 22.0 Å². The smallest absolute Gasteiger partial charge is 0.160 e. The number of hydrogen-bond acceptors (Lipinski definition) is 4. The Hall–Kier alpha value is -2.47. The highest BCUT2D eigenvalue weighted by Crippen LogP contribution is 2.27. The summed E-state index contributed by atoms with van der Waals surface area (Å²) < 4.78 is 3.02. The van der Waals surface area contributed by atoms with Gasteiger partial charge in [-0.05, 0) is 43.3 Å². The van der Waals surface area contributed by atoms with Crippen molar-refractivity contribution in [1.29, 1.82) is 0 Å². The second kappa shape index (κ2) is 5.62. The van der Waals surface area contributed by atoms with Crippen molar-refractivity contribution in [3.8, 4) is 0 Å².